The van der Waals surface area contributed by atoms with Crippen LogP contribution in [0.1, 0.15) is 23.2 Å². The molecule has 0 unspecified atom stereocenters. The van der Waals surface area contributed by atoms with E-state index >= 15 is 0 Å². The topological polar surface area (TPSA) is 49.3 Å². The fourth-order valence-corrected chi connectivity index (χ4v) is 3.24. The maximum atomic E-state index is 13.2. The molecule has 1 aromatic heterocycles. The molecule has 0 fully saturated rings. The summed E-state index contributed by atoms with van der Waals surface area (Å²) in [6, 6.07) is 5.09. The summed E-state index contributed by atoms with van der Waals surface area (Å²) < 4.78 is 13.7. The third kappa shape index (κ3) is 6.20. The molecule has 0 aliphatic carbocycles. The number of nitrogens with one attached hydrogen (secondary N) is 2. The number of hydrogen-bond acceptors (Lipinski definition) is 3. The summed E-state index contributed by atoms with van der Waals surface area (Å²) in [6.07, 6.45) is 1.64. The van der Waals surface area contributed by atoms with Crippen molar-refractivity contribution in [3.63, 3.8) is 0 Å². The molecule has 0 aliphatic rings. The smallest absolute Gasteiger partial charge is 0.191 e. The van der Waals surface area contributed by atoms with Crippen LogP contribution >= 0.6 is 27.3 Å². The van der Waals surface area contributed by atoms with Crippen LogP contribution in [0.25, 0.3) is 0 Å². The number of aliphatic imine (C=N–C) groups is 1. The second-order valence-electron chi connectivity index (χ2n) is 5.29. The Bertz CT molecular complexity index is 687. The fraction of sp³-hybridized carbons (Fsp3) is 0.412. The molecule has 2 N–H and O–H groups in total. The molecule has 0 amide bonds. The van der Waals surface area contributed by atoms with Crippen LogP contribution in [0.4, 0.5) is 4.39 Å². The van der Waals surface area contributed by atoms with Crippen molar-refractivity contribution in [2.24, 2.45) is 4.99 Å². The van der Waals surface area contributed by atoms with Crippen molar-refractivity contribution in [2.75, 3.05) is 19.6 Å². The zero-order valence-electron chi connectivity index (χ0n) is 13.9. The molecule has 1 heterocycles. The van der Waals surface area contributed by atoms with Gasteiger partial charge in [-0.1, -0.05) is 6.07 Å². The van der Waals surface area contributed by atoms with Gasteiger partial charge in [0.1, 0.15) is 5.82 Å². The quantitative estimate of drug-likeness (QED) is 0.538. The number of hydrogen-bond donors (Lipinski definition) is 2. The number of halogens is 2. The van der Waals surface area contributed by atoms with Gasteiger partial charge in [-0.3, -0.25) is 4.99 Å². The van der Waals surface area contributed by atoms with Crippen molar-refractivity contribution in [1.29, 1.82) is 0 Å². The van der Waals surface area contributed by atoms with E-state index in [2.05, 4.69) is 41.9 Å². The van der Waals surface area contributed by atoms with E-state index < -0.39 is 0 Å². The lowest BCUT2D eigenvalue weighted by atomic mass is 10.1. The highest BCUT2D eigenvalue weighted by atomic mass is 79.9. The zero-order chi connectivity index (χ0) is 17.4. The summed E-state index contributed by atoms with van der Waals surface area (Å²) in [5.74, 6) is 0.560. The van der Waals surface area contributed by atoms with Crippen LogP contribution in [0, 0.1) is 12.7 Å². The molecule has 0 saturated heterocycles. The van der Waals surface area contributed by atoms with Crippen molar-refractivity contribution in [3.8, 4) is 0 Å². The van der Waals surface area contributed by atoms with Crippen molar-refractivity contribution in [3.05, 3.63) is 50.1 Å². The third-order valence-corrected chi connectivity index (χ3v) is 4.77. The molecule has 2 aromatic rings. The van der Waals surface area contributed by atoms with Crippen molar-refractivity contribution < 1.29 is 4.39 Å². The monoisotopic (exact) mass is 412 g/mol. The van der Waals surface area contributed by atoms with Crippen molar-refractivity contribution in [1.82, 2.24) is 15.6 Å². The molecule has 4 nitrogen and oxygen atoms in total. The van der Waals surface area contributed by atoms with Crippen LogP contribution in [0.3, 0.4) is 0 Å². The summed E-state index contributed by atoms with van der Waals surface area (Å²) in [7, 11) is 0. The molecule has 1 aromatic carbocycles. The lowest BCUT2D eigenvalue weighted by molar-refractivity contribution is 0.620. The number of benzene rings is 1. The molecule has 0 atom stereocenters. The average molecular weight is 413 g/mol. The summed E-state index contributed by atoms with van der Waals surface area (Å²) >= 11 is 4.88. The Balaban J connectivity index is 1.81. The Kier molecular flexibility index (Phi) is 7.65. The Morgan fingerprint density at radius 3 is 2.83 bits per heavy atom. The van der Waals surface area contributed by atoms with Gasteiger partial charge in [0.15, 0.2) is 5.96 Å². The van der Waals surface area contributed by atoms with Gasteiger partial charge in [0.25, 0.3) is 0 Å². The standard InChI is InChI=1S/C17H22BrFN4S/c1-3-20-17(22-9-7-14-11-24-12(2)23-14)21-8-6-13-4-5-16(19)15(18)10-13/h4-5,10-11H,3,6-9H2,1-2H3,(H2,20,21,22). The second kappa shape index (κ2) is 9.74. The van der Waals surface area contributed by atoms with Crippen LogP contribution in [0.5, 0.6) is 0 Å². The molecule has 2 rings (SSSR count). The van der Waals surface area contributed by atoms with Crippen molar-refractivity contribution >= 4 is 33.2 Å². The van der Waals surface area contributed by atoms with Crippen LogP contribution < -0.4 is 10.6 Å². The highest BCUT2D eigenvalue weighted by Crippen LogP contribution is 2.16. The number of guanidine groups is 1. The molecule has 0 aliphatic heterocycles. The minimum Gasteiger partial charge on any atom is -0.357 e. The highest BCUT2D eigenvalue weighted by Gasteiger charge is 2.02. The third-order valence-electron chi connectivity index (χ3n) is 3.34. The van der Waals surface area contributed by atoms with Gasteiger partial charge < -0.3 is 10.6 Å². The first-order valence-electron chi connectivity index (χ1n) is 7.95. The van der Waals surface area contributed by atoms with Gasteiger partial charge in [0.05, 0.1) is 15.2 Å². The van der Waals surface area contributed by atoms with Crippen LogP contribution in [-0.4, -0.2) is 30.6 Å². The first kappa shape index (κ1) is 18.9. The van der Waals surface area contributed by atoms with E-state index in [0.29, 0.717) is 11.0 Å². The molecule has 7 heteroatoms. The van der Waals surface area contributed by atoms with Gasteiger partial charge in [0.2, 0.25) is 0 Å². The van der Waals surface area contributed by atoms with E-state index in [1.807, 2.05) is 19.9 Å². The molecule has 0 bridgehead atoms. The van der Waals surface area contributed by atoms with E-state index in [0.717, 1.165) is 48.2 Å². The maximum Gasteiger partial charge on any atom is 0.191 e. The van der Waals surface area contributed by atoms with E-state index in [9.17, 15) is 4.39 Å². The molecular weight excluding hydrogens is 391 g/mol. The highest BCUT2D eigenvalue weighted by molar-refractivity contribution is 9.10. The van der Waals surface area contributed by atoms with E-state index in [1.165, 1.54) is 6.07 Å². The number of aryl methyl sites for hydroxylation is 1. The summed E-state index contributed by atoms with van der Waals surface area (Å²) in [4.78, 5) is 9.01. The van der Waals surface area contributed by atoms with Crippen LogP contribution in [0.15, 0.2) is 33.0 Å². The lowest BCUT2D eigenvalue weighted by Crippen LogP contribution is -2.38. The first-order chi connectivity index (χ1) is 11.6. The SMILES string of the molecule is CCNC(=NCCc1csc(C)n1)NCCc1ccc(F)c(Br)c1. The van der Waals surface area contributed by atoms with Crippen LogP contribution in [0.2, 0.25) is 0 Å². The maximum absolute atomic E-state index is 13.2. The number of aromatic nitrogens is 1. The largest absolute Gasteiger partial charge is 0.357 e. The second-order valence-corrected chi connectivity index (χ2v) is 7.21. The summed E-state index contributed by atoms with van der Waals surface area (Å²) in [5.41, 5.74) is 2.16. The lowest BCUT2D eigenvalue weighted by Gasteiger charge is -2.11. The molecule has 24 heavy (non-hydrogen) atoms. The molecule has 0 spiro atoms. The molecular formula is C17H22BrFN4S. The fourth-order valence-electron chi connectivity index (χ4n) is 2.17. The van der Waals surface area contributed by atoms with E-state index in [4.69, 9.17) is 0 Å². The van der Waals surface area contributed by atoms with Gasteiger partial charge in [-0.25, -0.2) is 9.37 Å². The van der Waals surface area contributed by atoms with E-state index in [-0.39, 0.29) is 5.82 Å². The Labute approximate surface area is 154 Å². The number of nitrogens with zero attached hydrogens (tertiary/aromatic N) is 2. The normalized spacial score (nSPS) is 11.6. The van der Waals surface area contributed by atoms with E-state index in [1.54, 1.807) is 17.4 Å². The summed E-state index contributed by atoms with van der Waals surface area (Å²) in [5, 5.41) is 9.71. The number of thiazole rings is 1. The molecule has 130 valence electrons. The Hall–Kier alpha value is -1.47. The first-order valence-corrected chi connectivity index (χ1v) is 9.63. The van der Waals surface area contributed by atoms with Gasteiger partial charge in [-0.15, -0.1) is 11.3 Å². The predicted molar refractivity (Wildman–Crippen MR) is 102 cm³/mol. The van der Waals surface area contributed by atoms with Gasteiger partial charge >= 0.3 is 0 Å². The summed E-state index contributed by atoms with van der Waals surface area (Å²) in [6.45, 7) is 6.29. The van der Waals surface area contributed by atoms with Gasteiger partial charge in [-0.05, 0) is 53.9 Å². The van der Waals surface area contributed by atoms with Gasteiger partial charge in [0, 0.05) is 31.4 Å². The molecule has 0 radical (unpaired) electrons. The number of rotatable bonds is 7. The minimum atomic E-state index is -0.237. The Morgan fingerprint density at radius 1 is 1.33 bits per heavy atom. The minimum absolute atomic E-state index is 0.237. The Morgan fingerprint density at radius 2 is 2.17 bits per heavy atom. The van der Waals surface area contributed by atoms with Crippen molar-refractivity contribution in [2.45, 2.75) is 26.7 Å². The molecule has 0 saturated carbocycles. The average Bonchev–Trinajstić information content (AvgIpc) is 2.96. The van der Waals surface area contributed by atoms with Gasteiger partial charge in [-0.2, -0.15) is 0 Å². The predicted octanol–water partition coefficient (Wildman–Crippen LogP) is 3.69. The van der Waals surface area contributed by atoms with Crippen LogP contribution in [-0.2, 0) is 12.8 Å². The zero-order valence-corrected chi connectivity index (χ0v) is 16.3.